The molecule has 100 valence electrons. The predicted molar refractivity (Wildman–Crippen MR) is 76.6 cm³/mol. The maximum Gasteiger partial charge on any atom is 0.251 e. The van der Waals surface area contributed by atoms with Crippen molar-refractivity contribution in [1.29, 1.82) is 0 Å². The molecular formula is C15H14N4O. The summed E-state index contributed by atoms with van der Waals surface area (Å²) in [5.74, 6) is -0.105. The molecule has 5 nitrogen and oxygen atoms in total. The summed E-state index contributed by atoms with van der Waals surface area (Å²) in [6, 6.07) is 11.2. The Labute approximate surface area is 116 Å². The van der Waals surface area contributed by atoms with Gasteiger partial charge < -0.3 is 5.32 Å². The van der Waals surface area contributed by atoms with Crippen molar-refractivity contribution in [2.75, 3.05) is 7.05 Å². The summed E-state index contributed by atoms with van der Waals surface area (Å²) in [5.41, 5.74) is 4.12. The van der Waals surface area contributed by atoms with E-state index in [1.807, 2.05) is 37.3 Å². The molecule has 0 unspecified atom stereocenters. The number of aryl methyl sites for hydroxylation is 1. The summed E-state index contributed by atoms with van der Waals surface area (Å²) in [4.78, 5) is 15.9. The second-order valence-corrected chi connectivity index (χ2v) is 4.55. The molecule has 0 fully saturated rings. The first-order valence-electron chi connectivity index (χ1n) is 6.33. The Hall–Kier alpha value is -2.69. The van der Waals surface area contributed by atoms with Gasteiger partial charge in [-0.3, -0.25) is 4.79 Å². The maximum atomic E-state index is 11.7. The molecule has 0 aliphatic carbocycles. The van der Waals surface area contributed by atoms with Crippen molar-refractivity contribution in [3.8, 4) is 11.3 Å². The zero-order chi connectivity index (χ0) is 14.1. The van der Waals surface area contributed by atoms with E-state index in [4.69, 9.17) is 0 Å². The molecule has 3 aromatic rings. The third-order valence-corrected chi connectivity index (χ3v) is 3.18. The van der Waals surface area contributed by atoms with Gasteiger partial charge in [-0.1, -0.05) is 12.1 Å². The van der Waals surface area contributed by atoms with Crippen LogP contribution in [-0.2, 0) is 0 Å². The van der Waals surface area contributed by atoms with E-state index in [0.717, 1.165) is 22.6 Å². The Bertz CT molecular complexity index is 791. The van der Waals surface area contributed by atoms with Crippen molar-refractivity contribution in [3.63, 3.8) is 0 Å². The molecule has 1 aromatic carbocycles. The third-order valence-electron chi connectivity index (χ3n) is 3.18. The molecule has 0 aliphatic heterocycles. The number of imidazole rings is 1. The van der Waals surface area contributed by atoms with Gasteiger partial charge in [0.05, 0.1) is 17.6 Å². The molecule has 1 N–H and O–H groups in total. The van der Waals surface area contributed by atoms with Crippen LogP contribution >= 0.6 is 0 Å². The Kier molecular flexibility index (Phi) is 2.95. The number of amides is 1. The van der Waals surface area contributed by atoms with E-state index < -0.39 is 0 Å². The molecule has 5 heteroatoms. The van der Waals surface area contributed by atoms with Gasteiger partial charge in [0.25, 0.3) is 5.91 Å². The van der Waals surface area contributed by atoms with Crippen molar-refractivity contribution in [1.82, 2.24) is 19.9 Å². The first-order chi connectivity index (χ1) is 9.69. The summed E-state index contributed by atoms with van der Waals surface area (Å²) >= 11 is 0. The van der Waals surface area contributed by atoms with E-state index in [1.165, 1.54) is 0 Å². The van der Waals surface area contributed by atoms with Gasteiger partial charge in [-0.25, -0.2) is 9.50 Å². The fourth-order valence-corrected chi connectivity index (χ4v) is 2.11. The van der Waals surface area contributed by atoms with E-state index in [-0.39, 0.29) is 5.91 Å². The number of benzene rings is 1. The standard InChI is InChI=1S/C15H14N4O/c1-10-9-17-14-7-6-13(18-19(10)14)11-4-3-5-12(8-11)15(20)16-2/h3-9H,1-2H3,(H,16,20). The minimum atomic E-state index is -0.105. The Balaban J connectivity index is 2.10. The van der Waals surface area contributed by atoms with Gasteiger partial charge in [0, 0.05) is 18.2 Å². The molecule has 0 spiro atoms. The molecule has 0 atom stereocenters. The van der Waals surface area contributed by atoms with Crippen molar-refractivity contribution in [2.45, 2.75) is 6.92 Å². The summed E-state index contributed by atoms with van der Waals surface area (Å²) < 4.78 is 1.79. The second-order valence-electron chi connectivity index (χ2n) is 4.55. The van der Waals surface area contributed by atoms with Gasteiger partial charge in [-0.15, -0.1) is 0 Å². The lowest BCUT2D eigenvalue weighted by Gasteiger charge is -2.05. The van der Waals surface area contributed by atoms with Crippen molar-refractivity contribution in [3.05, 3.63) is 53.9 Å². The lowest BCUT2D eigenvalue weighted by atomic mass is 10.1. The average molecular weight is 266 g/mol. The normalized spacial score (nSPS) is 10.7. The van der Waals surface area contributed by atoms with Gasteiger partial charge in [0.1, 0.15) is 0 Å². The van der Waals surface area contributed by atoms with E-state index in [1.54, 1.807) is 23.8 Å². The summed E-state index contributed by atoms with van der Waals surface area (Å²) in [5, 5.41) is 7.17. The number of carbonyl (C=O) groups excluding carboxylic acids is 1. The van der Waals surface area contributed by atoms with Crippen molar-refractivity contribution < 1.29 is 4.79 Å². The fraction of sp³-hybridized carbons (Fsp3) is 0.133. The molecule has 1 amide bonds. The number of fused-ring (bicyclic) bond motifs is 1. The highest BCUT2D eigenvalue weighted by molar-refractivity contribution is 5.95. The van der Waals surface area contributed by atoms with Crippen LogP contribution in [0.4, 0.5) is 0 Å². The van der Waals surface area contributed by atoms with Crippen LogP contribution in [-0.4, -0.2) is 27.6 Å². The van der Waals surface area contributed by atoms with E-state index in [9.17, 15) is 4.79 Å². The number of aromatic nitrogens is 3. The average Bonchev–Trinajstić information content (AvgIpc) is 2.87. The predicted octanol–water partition coefficient (Wildman–Crippen LogP) is 2.06. The van der Waals surface area contributed by atoms with Crippen molar-refractivity contribution in [2.24, 2.45) is 0 Å². The monoisotopic (exact) mass is 266 g/mol. The van der Waals surface area contributed by atoms with E-state index in [0.29, 0.717) is 5.56 Å². The SMILES string of the molecule is CNC(=O)c1cccc(-c2ccc3ncc(C)n3n2)c1. The zero-order valence-corrected chi connectivity index (χ0v) is 11.3. The Morgan fingerprint density at radius 2 is 2.10 bits per heavy atom. The molecule has 0 saturated heterocycles. The zero-order valence-electron chi connectivity index (χ0n) is 11.3. The lowest BCUT2D eigenvalue weighted by Crippen LogP contribution is -2.17. The van der Waals surface area contributed by atoms with Crippen LogP contribution in [0.15, 0.2) is 42.6 Å². The van der Waals surface area contributed by atoms with Gasteiger partial charge in [-0.05, 0) is 31.2 Å². The quantitative estimate of drug-likeness (QED) is 0.772. The molecule has 0 radical (unpaired) electrons. The number of rotatable bonds is 2. The first kappa shape index (κ1) is 12.3. The Morgan fingerprint density at radius 3 is 2.90 bits per heavy atom. The van der Waals surface area contributed by atoms with E-state index in [2.05, 4.69) is 15.4 Å². The highest BCUT2D eigenvalue weighted by Crippen LogP contribution is 2.19. The number of hydrogen-bond donors (Lipinski definition) is 1. The Morgan fingerprint density at radius 1 is 1.25 bits per heavy atom. The number of nitrogens with one attached hydrogen (secondary N) is 1. The smallest absolute Gasteiger partial charge is 0.251 e. The largest absolute Gasteiger partial charge is 0.355 e. The molecule has 2 aromatic heterocycles. The topological polar surface area (TPSA) is 59.3 Å². The summed E-state index contributed by atoms with van der Waals surface area (Å²) in [6.45, 7) is 1.96. The highest BCUT2D eigenvalue weighted by atomic mass is 16.1. The molecule has 2 heterocycles. The first-order valence-corrected chi connectivity index (χ1v) is 6.33. The second kappa shape index (κ2) is 4.77. The van der Waals surface area contributed by atoms with Gasteiger partial charge in [0.15, 0.2) is 5.65 Å². The molecule has 0 bridgehead atoms. The van der Waals surface area contributed by atoms with Crippen LogP contribution in [0.2, 0.25) is 0 Å². The fourth-order valence-electron chi connectivity index (χ4n) is 2.11. The maximum absolute atomic E-state index is 11.7. The van der Waals surface area contributed by atoms with Gasteiger partial charge in [0.2, 0.25) is 0 Å². The van der Waals surface area contributed by atoms with E-state index >= 15 is 0 Å². The van der Waals surface area contributed by atoms with Gasteiger partial charge >= 0.3 is 0 Å². The summed E-state index contributed by atoms with van der Waals surface area (Å²) in [7, 11) is 1.62. The highest BCUT2D eigenvalue weighted by Gasteiger charge is 2.07. The number of nitrogens with zero attached hydrogens (tertiary/aromatic N) is 3. The molecular weight excluding hydrogens is 252 g/mol. The summed E-state index contributed by atoms with van der Waals surface area (Å²) in [6.07, 6.45) is 1.78. The minimum Gasteiger partial charge on any atom is -0.355 e. The molecule has 0 aliphatic rings. The van der Waals surface area contributed by atoms with Crippen molar-refractivity contribution >= 4 is 11.6 Å². The van der Waals surface area contributed by atoms with Crippen LogP contribution < -0.4 is 5.32 Å². The van der Waals surface area contributed by atoms with Crippen LogP contribution in [0.3, 0.4) is 0 Å². The third kappa shape index (κ3) is 2.03. The van der Waals surface area contributed by atoms with Crippen LogP contribution in [0, 0.1) is 6.92 Å². The molecule has 0 saturated carbocycles. The van der Waals surface area contributed by atoms with Crippen LogP contribution in [0.5, 0.6) is 0 Å². The number of hydrogen-bond acceptors (Lipinski definition) is 3. The minimum absolute atomic E-state index is 0.105. The van der Waals surface area contributed by atoms with Gasteiger partial charge in [-0.2, -0.15) is 5.10 Å². The molecule has 3 rings (SSSR count). The number of carbonyl (C=O) groups is 1. The van der Waals surface area contributed by atoms with Crippen LogP contribution in [0.25, 0.3) is 16.9 Å². The molecule has 20 heavy (non-hydrogen) atoms. The van der Waals surface area contributed by atoms with Crippen LogP contribution in [0.1, 0.15) is 16.1 Å². The lowest BCUT2D eigenvalue weighted by molar-refractivity contribution is 0.0963.